The Morgan fingerprint density at radius 1 is 1.20 bits per heavy atom. The second-order valence-electron chi connectivity index (χ2n) is 6.52. The summed E-state index contributed by atoms with van der Waals surface area (Å²) in [5.41, 5.74) is 5.11. The number of nitrogens with zero attached hydrogens (tertiary/aromatic N) is 2. The first-order chi connectivity index (χ1) is 11.5. The van der Waals surface area contributed by atoms with Gasteiger partial charge in [-0.1, -0.05) is 6.07 Å². The summed E-state index contributed by atoms with van der Waals surface area (Å²) in [6.07, 6.45) is 0. The van der Waals surface area contributed by atoms with Crippen LogP contribution in [0.25, 0.3) is 0 Å². The SMILES string of the molecule is Cc1nn(C(C)(C)C)c(N)c1C(=O)OCC(=O)c1c(F)cccc1F. The van der Waals surface area contributed by atoms with Crippen LogP contribution in [0.3, 0.4) is 0 Å². The molecular formula is C17H19F2N3O3. The highest BCUT2D eigenvalue weighted by Gasteiger charge is 2.27. The van der Waals surface area contributed by atoms with Crippen LogP contribution >= 0.6 is 0 Å². The van der Waals surface area contributed by atoms with Gasteiger partial charge in [0.1, 0.15) is 23.0 Å². The Morgan fingerprint density at radius 3 is 2.24 bits per heavy atom. The Balaban J connectivity index is 2.19. The number of aryl methyl sites for hydroxylation is 1. The van der Waals surface area contributed by atoms with E-state index in [4.69, 9.17) is 10.5 Å². The van der Waals surface area contributed by atoms with Crippen molar-refractivity contribution in [3.63, 3.8) is 0 Å². The van der Waals surface area contributed by atoms with Gasteiger partial charge in [0, 0.05) is 0 Å². The fraction of sp³-hybridized carbons (Fsp3) is 0.353. The van der Waals surface area contributed by atoms with Crippen LogP contribution in [0.2, 0.25) is 0 Å². The molecule has 0 unspecified atom stereocenters. The van der Waals surface area contributed by atoms with Crippen molar-refractivity contribution >= 4 is 17.6 Å². The number of ketones is 1. The minimum Gasteiger partial charge on any atom is -0.454 e. The largest absolute Gasteiger partial charge is 0.454 e. The minimum atomic E-state index is -1.02. The number of carbonyl (C=O) groups is 2. The summed E-state index contributed by atoms with van der Waals surface area (Å²) in [6.45, 7) is 6.34. The highest BCUT2D eigenvalue weighted by Crippen LogP contribution is 2.24. The lowest BCUT2D eigenvalue weighted by Gasteiger charge is -2.20. The molecule has 0 aliphatic carbocycles. The molecule has 0 atom stereocenters. The maximum atomic E-state index is 13.6. The molecule has 0 aliphatic rings. The van der Waals surface area contributed by atoms with Crippen LogP contribution in [0.4, 0.5) is 14.6 Å². The molecule has 2 N–H and O–H groups in total. The zero-order valence-corrected chi connectivity index (χ0v) is 14.4. The van der Waals surface area contributed by atoms with E-state index in [-0.39, 0.29) is 11.4 Å². The topological polar surface area (TPSA) is 87.2 Å². The molecule has 134 valence electrons. The number of anilines is 1. The van der Waals surface area contributed by atoms with E-state index < -0.39 is 41.1 Å². The highest BCUT2D eigenvalue weighted by atomic mass is 19.1. The van der Waals surface area contributed by atoms with Crippen LogP contribution in [-0.2, 0) is 10.3 Å². The fourth-order valence-electron chi connectivity index (χ4n) is 2.35. The van der Waals surface area contributed by atoms with Gasteiger partial charge in [-0.15, -0.1) is 0 Å². The Hall–Kier alpha value is -2.77. The molecule has 0 bridgehead atoms. The first-order valence-electron chi connectivity index (χ1n) is 7.54. The van der Waals surface area contributed by atoms with Crippen LogP contribution in [0.15, 0.2) is 18.2 Å². The Labute approximate surface area is 143 Å². The number of carbonyl (C=O) groups excluding carboxylic acids is 2. The number of aromatic nitrogens is 2. The van der Waals surface area contributed by atoms with E-state index in [0.717, 1.165) is 18.2 Å². The number of nitrogen functional groups attached to an aromatic ring is 1. The molecule has 0 fully saturated rings. The summed E-state index contributed by atoms with van der Waals surface area (Å²) in [5.74, 6) is -3.80. The van der Waals surface area contributed by atoms with Crippen molar-refractivity contribution in [1.29, 1.82) is 0 Å². The van der Waals surface area contributed by atoms with E-state index in [0.29, 0.717) is 5.69 Å². The van der Waals surface area contributed by atoms with Crippen molar-refractivity contribution in [1.82, 2.24) is 9.78 Å². The fourth-order valence-corrected chi connectivity index (χ4v) is 2.35. The lowest BCUT2D eigenvalue weighted by atomic mass is 10.1. The Morgan fingerprint density at radius 2 is 1.76 bits per heavy atom. The van der Waals surface area contributed by atoms with E-state index in [1.807, 2.05) is 20.8 Å². The van der Waals surface area contributed by atoms with Gasteiger partial charge in [-0.2, -0.15) is 5.10 Å². The lowest BCUT2D eigenvalue weighted by Crippen LogP contribution is -2.25. The number of ether oxygens (including phenoxy) is 1. The number of rotatable bonds is 4. The molecule has 2 rings (SSSR count). The third kappa shape index (κ3) is 3.67. The second kappa shape index (κ2) is 6.62. The van der Waals surface area contributed by atoms with Gasteiger partial charge in [0.05, 0.1) is 16.8 Å². The predicted molar refractivity (Wildman–Crippen MR) is 87.3 cm³/mol. The number of esters is 1. The molecule has 0 aliphatic heterocycles. The lowest BCUT2D eigenvalue weighted by molar-refractivity contribution is 0.0472. The summed E-state index contributed by atoms with van der Waals surface area (Å²) in [7, 11) is 0. The molecule has 2 aromatic rings. The van der Waals surface area contributed by atoms with Crippen LogP contribution < -0.4 is 5.73 Å². The molecule has 1 aromatic heterocycles. The average molecular weight is 351 g/mol. The summed E-state index contributed by atoms with van der Waals surface area (Å²) in [6, 6.07) is 3.04. The van der Waals surface area contributed by atoms with E-state index >= 15 is 0 Å². The number of halogens is 2. The summed E-state index contributed by atoms with van der Waals surface area (Å²) >= 11 is 0. The van der Waals surface area contributed by atoms with E-state index in [9.17, 15) is 18.4 Å². The van der Waals surface area contributed by atoms with Gasteiger partial charge in [-0.3, -0.25) is 4.79 Å². The summed E-state index contributed by atoms with van der Waals surface area (Å²) < 4.78 is 33.5. The molecular weight excluding hydrogens is 332 g/mol. The molecule has 25 heavy (non-hydrogen) atoms. The van der Waals surface area contributed by atoms with Gasteiger partial charge in [-0.25, -0.2) is 18.3 Å². The number of hydrogen-bond acceptors (Lipinski definition) is 5. The maximum Gasteiger partial charge on any atom is 0.344 e. The summed E-state index contributed by atoms with van der Waals surface area (Å²) in [5, 5.41) is 4.20. The maximum absolute atomic E-state index is 13.6. The normalized spacial score (nSPS) is 11.4. The van der Waals surface area contributed by atoms with Gasteiger partial charge >= 0.3 is 5.97 Å². The van der Waals surface area contributed by atoms with Crippen molar-refractivity contribution in [2.24, 2.45) is 0 Å². The van der Waals surface area contributed by atoms with Gasteiger partial charge in [-0.05, 0) is 39.8 Å². The first-order valence-corrected chi connectivity index (χ1v) is 7.54. The average Bonchev–Trinajstić information content (AvgIpc) is 2.79. The zero-order chi connectivity index (χ0) is 18.9. The van der Waals surface area contributed by atoms with Crippen molar-refractivity contribution in [2.45, 2.75) is 33.2 Å². The Bertz CT molecular complexity index is 818. The molecule has 0 spiro atoms. The number of Topliss-reactive ketones (excluding diaryl/α,β-unsaturated/α-hetero) is 1. The zero-order valence-electron chi connectivity index (χ0n) is 14.4. The van der Waals surface area contributed by atoms with Gasteiger partial charge in [0.15, 0.2) is 6.61 Å². The smallest absolute Gasteiger partial charge is 0.344 e. The van der Waals surface area contributed by atoms with E-state index in [1.165, 1.54) is 4.68 Å². The number of benzene rings is 1. The van der Waals surface area contributed by atoms with Crippen molar-refractivity contribution in [2.75, 3.05) is 12.3 Å². The Kier molecular flexibility index (Phi) is 4.92. The quantitative estimate of drug-likeness (QED) is 0.676. The van der Waals surface area contributed by atoms with Crippen molar-refractivity contribution in [3.05, 3.63) is 46.7 Å². The molecule has 8 heteroatoms. The molecule has 0 radical (unpaired) electrons. The molecule has 0 amide bonds. The molecule has 0 saturated carbocycles. The highest BCUT2D eigenvalue weighted by molar-refractivity contribution is 6.01. The molecule has 1 heterocycles. The number of hydrogen-bond donors (Lipinski definition) is 1. The van der Waals surface area contributed by atoms with E-state index in [1.54, 1.807) is 6.92 Å². The summed E-state index contributed by atoms with van der Waals surface area (Å²) in [4.78, 5) is 24.2. The predicted octanol–water partition coefficient (Wildman–Crippen LogP) is 2.85. The van der Waals surface area contributed by atoms with Crippen LogP contribution in [-0.4, -0.2) is 28.1 Å². The van der Waals surface area contributed by atoms with Gasteiger partial charge in [0.25, 0.3) is 0 Å². The standard InChI is InChI=1S/C17H19F2N3O3/c1-9-13(15(20)22(21-9)17(2,3)4)16(24)25-8-12(23)14-10(18)6-5-7-11(14)19/h5-7H,8,20H2,1-4H3. The van der Waals surface area contributed by atoms with Crippen molar-refractivity contribution < 1.29 is 23.1 Å². The third-order valence-electron chi connectivity index (χ3n) is 3.51. The van der Waals surface area contributed by atoms with Crippen LogP contribution in [0.5, 0.6) is 0 Å². The molecule has 6 nitrogen and oxygen atoms in total. The van der Waals surface area contributed by atoms with Crippen LogP contribution in [0.1, 0.15) is 47.2 Å². The second-order valence-corrected chi connectivity index (χ2v) is 6.52. The monoisotopic (exact) mass is 351 g/mol. The third-order valence-corrected chi connectivity index (χ3v) is 3.51. The van der Waals surface area contributed by atoms with Gasteiger partial charge in [0.2, 0.25) is 5.78 Å². The number of nitrogens with two attached hydrogens (primary N) is 1. The minimum absolute atomic E-state index is 0.0248. The molecule has 0 saturated heterocycles. The van der Waals surface area contributed by atoms with Crippen LogP contribution in [0, 0.1) is 18.6 Å². The van der Waals surface area contributed by atoms with E-state index in [2.05, 4.69) is 5.10 Å². The van der Waals surface area contributed by atoms with Gasteiger partial charge < -0.3 is 10.5 Å². The van der Waals surface area contributed by atoms with Crippen molar-refractivity contribution in [3.8, 4) is 0 Å². The molecule has 1 aromatic carbocycles. The first kappa shape index (κ1) is 18.6.